The maximum atomic E-state index is 4.98. The topological polar surface area (TPSA) is 75.3 Å². The van der Waals surface area contributed by atoms with Crippen LogP contribution >= 0.6 is 0 Å². The molecular formula is C10H19N5O. The van der Waals surface area contributed by atoms with Gasteiger partial charge in [0.25, 0.3) is 0 Å². The summed E-state index contributed by atoms with van der Waals surface area (Å²) < 4.78 is 4.98. The minimum absolute atomic E-state index is 0.493. The van der Waals surface area contributed by atoms with Crippen LogP contribution in [0.4, 0.5) is 0 Å². The van der Waals surface area contributed by atoms with Crippen LogP contribution in [0.25, 0.3) is 0 Å². The van der Waals surface area contributed by atoms with E-state index in [9.17, 15) is 0 Å². The Balaban J connectivity index is 2.29. The van der Waals surface area contributed by atoms with Gasteiger partial charge in [-0.3, -0.25) is 4.99 Å². The lowest BCUT2D eigenvalue weighted by molar-refractivity contribution is 0.371. The van der Waals surface area contributed by atoms with E-state index < -0.39 is 0 Å². The van der Waals surface area contributed by atoms with E-state index in [1.807, 2.05) is 0 Å². The molecule has 0 unspecified atom stereocenters. The second-order valence-electron chi connectivity index (χ2n) is 3.44. The molecule has 0 amide bonds. The fourth-order valence-corrected chi connectivity index (χ4v) is 1.18. The molecular weight excluding hydrogens is 206 g/mol. The monoisotopic (exact) mass is 225 g/mol. The zero-order valence-corrected chi connectivity index (χ0v) is 10.1. The summed E-state index contributed by atoms with van der Waals surface area (Å²) in [5.74, 6) is 1.96. The third-order valence-electron chi connectivity index (χ3n) is 2.02. The molecule has 16 heavy (non-hydrogen) atoms. The summed E-state index contributed by atoms with van der Waals surface area (Å²) in [6, 6.07) is 0. The standard InChI is InChI=1S/C10H19N5O/c1-4-5-6-12-10(11-3)13-7-9-14-8(2)15-16-9/h4-7H2,1-3H3,(H2,11,12,13). The van der Waals surface area contributed by atoms with Crippen LogP contribution in [0.2, 0.25) is 0 Å². The van der Waals surface area contributed by atoms with Crippen molar-refractivity contribution in [3.8, 4) is 0 Å². The Bertz CT molecular complexity index is 334. The van der Waals surface area contributed by atoms with Gasteiger partial charge in [-0.05, 0) is 13.3 Å². The first-order chi connectivity index (χ1) is 7.76. The molecule has 0 aliphatic carbocycles. The Kier molecular flexibility index (Phi) is 5.31. The molecule has 6 nitrogen and oxygen atoms in total. The second-order valence-corrected chi connectivity index (χ2v) is 3.44. The minimum Gasteiger partial charge on any atom is -0.356 e. The lowest BCUT2D eigenvalue weighted by atomic mass is 10.3. The number of hydrogen-bond donors (Lipinski definition) is 2. The van der Waals surface area contributed by atoms with Crippen molar-refractivity contribution in [2.75, 3.05) is 13.6 Å². The molecule has 0 atom stereocenters. The Morgan fingerprint density at radius 3 is 2.81 bits per heavy atom. The van der Waals surface area contributed by atoms with Crippen LogP contribution in [0.1, 0.15) is 31.5 Å². The number of aryl methyl sites for hydroxylation is 1. The second kappa shape index (κ2) is 6.81. The summed E-state index contributed by atoms with van der Waals surface area (Å²) in [5, 5.41) is 10.0. The molecule has 0 aliphatic rings. The highest BCUT2D eigenvalue weighted by Gasteiger charge is 2.03. The number of unbranched alkanes of at least 4 members (excludes halogenated alkanes) is 1. The molecule has 1 aromatic rings. The molecule has 0 saturated carbocycles. The van der Waals surface area contributed by atoms with Gasteiger partial charge in [0, 0.05) is 13.6 Å². The predicted molar refractivity (Wildman–Crippen MR) is 62.1 cm³/mol. The molecule has 90 valence electrons. The fraction of sp³-hybridized carbons (Fsp3) is 0.700. The summed E-state index contributed by atoms with van der Waals surface area (Å²) in [4.78, 5) is 8.18. The van der Waals surface area contributed by atoms with Gasteiger partial charge in [-0.15, -0.1) is 0 Å². The van der Waals surface area contributed by atoms with E-state index in [0.29, 0.717) is 18.3 Å². The first kappa shape index (κ1) is 12.5. The van der Waals surface area contributed by atoms with Gasteiger partial charge in [0.1, 0.15) is 0 Å². The van der Waals surface area contributed by atoms with E-state index in [4.69, 9.17) is 4.52 Å². The molecule has 2 N–H and O–H groups in total. The highest BCUT2D eigenvalue weighted by atomic mass is 16.5. The highest BCUT2D eigenvalue weighted by molar-refractivity contribution is 5.79. The molecule has 0 radical (unpaired) electrons. The Morgan fingerprint density at radius 2 is 2.25 bits per heavy atom. The van der Waals surface area contributed by atoms with Crippen molar-refractivity contribution >= 4 is 5.96 Å². The van der Waals surface area contributed by atoms with Crippen LogP contribution in [0.15, 0.2) is 9.52 Å². The van der Waals surface area contributed by atoms with Crippen molar-refractivity contribution in [3.63, 3.8) is 0 Å². The van der Waals surface area contributed by atoms with Crippen LogP contribution in [-0.4, -0.2) is 29.7 Å². The smallest absolute Gasteiger partial charge is 0.246 e. The molecule has 6 heteroatoms. The quantitative estimate of drug-likeness (QED) is 0.441. The minimum atomic E-state index is 0.493. The maximum absolute atomic E-state index is 4.98. The Labute approximate surface area is 95.5 Å². The van der Waals surface area contributed by atoms with Crippen LogP contribution in [0.5, 0.6) is 0 Å². The van der Waals surface area contributed by atoms with E-state index >= 15 is 0 Å². The van der Waals surface area contributed by atoms with Crippen molar-refractivity contribution in [1.29, 1.82) is 0 Å². The van der Waals surface area contributed by atoms with Crippen molar-refractivity contribution in [3.05, 3.63) is 11.7 Å². The third-order valence-corrected chi connectivity index (χ3v) is 2.02. The molecule has 0 aliphatic heterocycles. The predicted octanol–water partition coefficient (Wildman–Crippen LogP) is 0.843. The molecule has 0 spiro atoms. The number of guanidine groups is 1. The van der Waals surface area contributed by atoms with Crippen LogP contribution in [0.3, 0.4) is 0 Å². The lowest BCUT2D eigenvalue weighted by Gasteiger charge is -2.09. The number of hydrogen-bond acceptors (Lipinski definition) is 4. The first-order valence-corrected chi connectivity index (χ1v) is 5.50. The van der Waals surface area contributed by atoms with Crippen molar-refractivity contribution in [2.24, 2.45) is 4.99 Å². The van der Waals surface area contributed by atoms with E-state index in [-0.39, 0.29) is 0 Å². The number of aromatic nitrogens is 2. The van der Waals surface area contributed by atoms with Gasteiger partial charge in [0.05, 0.1) is 6.54 Å². The van der Waals surface area contributed by atoms with Gasteiger partial charge in [-0.25, -0.2) is 0 Å². The molecule has 0 fully saturated rings. The number of nitrogens with one attached hydrogen (secondary N) is 2. The summed E-state index contributed by atoms with van der Waals surface area (Å²) >= 11 is 0. The van der Waals surface area contributed by atoms with Crippen molar-refractivity contribution in [2.45, 2.75) is 33.2 Å². The maximum Gasteiger partial charge on any atom is 0.246 e. The summed E-state index contributed by atoms with van der Waals surface area (Å²) in [5.41, 5.74) is 0. The molecule has 0 aromatic carbocycles. The Hall–Kier alpha value is -1.59. The largest absolute Gasteiger partial charge is 0.356 e. The van der Waals surface area contributed by atoms with E-state index in [0.717, 1.165) is 25.3 Å². The SMILES string of the molecule is CCCCNC(=NC)NCc1nc(C)no1. The van der Waals surface area contributed by atoms with Crippen molar-refractivity contribution in [1.82, 2.24) is 20.8 Å². The lowest BCUT2D eigenvalue weighted by Crippen LogP contribution is -2.37. The van der Waals surface area contributed by atoms with Crippen molar-refractivity contribution < 1.29 is 4.52 Å². The first-order valence-electron chi connectivity index (χ1n) is 5.50. The van der Waals surface area contributed by atoms with E-state index in [1.54, 1.807) is 14.0 Å². The number of nitrogens with zero attached hydrogens (tertiary/aromatic N) is 3. The summed E-state index contributed by atoms with van der Waals surface area (Å²) in [7, 11) is 1.74. The Morgan fingerprint density at radius 1 is 1.44 bits per heavy atom. The highest BCUT2D eigenvalue weighted by Crippen LogP contribution is 1.94. The van der Waals surface area contributed by atoms with Gasteiger partial charge in [0.15, 0.2) is 11.8 Å². The van der Waals surface area contributed by atoms with Gasteiger partial charge < -0.3 is 15.2 Å². The molecule has 0 saturated heterocycles. The van der Waals surface area contributed by atoms with Crippen LogP contribution < -0.4 is 10.6 Å². The van der Waals surface area contributed by atoms with E-state index in [1.165, 1.54) is 0 Å². The van der Waals surface area contributed by atoms with Crippen LogP contribution in [0, 0.1) is 6.92 Å². The number of rotatable bonds is 5. The van der Waals surface area contributed by atoms with Gasteiger partial charge in [-0.1, -0.05) is 18.5 Å². The zero-order chi connectivity index (χ0) is 11.8. The normalized spacial score (nSPS) is 11.6. The van der Waals surface area contributed by atoms with Crippen LogP contribution in [-0.2, 0) is 6.54 Å². The summed E-state index contributed by atoms with van der Waals surface area (Å²) in [6.07, 6.45) is 2.28. The summed E-state index contributed by atoms with van der Waals surface area (Å²) in [6.45, 7) is 5.35. The van der Waals surface area contributed by atoms with Gasteiger partial charge in [-0.2, -0.15) is 4.98 Å². The third kappa shape index (κ3) is 4.29. The van der Waals surface area contributed by atoms with Gasteiger partial charge >= 0.3 is 0 Å². The molecule has 1 aromatic heterocycles. The molecule has 1 heterocycles. The van der Waals surface area contributed by atoms with Gasteiger partial charge in [0.2, 0.25) is 5.89 Å². The van der Waals surface area contributed by atoms with E-state index in [2.05, 4.69) is 32.7 Å². The average Bonchev–Trinajstić information content (AvgIpc) is 2.69. The number of aliphatic imine (C=N–C) groups is 1. The average molecular weight is 225 g/mol. The zero-order valence-electron chi connectivity index (χ0n) is 10.1. The molecule has 0 bridgehead atoms. The molecule has 1 rings (SSSR count). The fourth-order valence-electron chi connectivity index (χ4n) is 1.18.